The van der Waals surface area contributed by atoms with Crippen LogP contribution in [0.4, 0.5) is 5.82 Å². The van der Waals surface area contributed by atoms with Crippen LogP contribution in [0, 0.1) is 0 Å². The van der Waals surface area contributed by atoms with Crippen LogP contribution in [-0.2, 0) is 16.0 Å². The average molecular weight is 341 g/mol. The summed E-state index contributed by atoms with van der Waals surface area (Å²) < 4.78 is 6.98. The maximum Gasteiger partial charge on any atom is 0.311 e. The second kappa shape index (κ2) is 5.92. The third kappa shape index (κ3) is 2.72. The number of rotatable bonds is 4. The van der Waals surface area contributed by atoms with E-state index in [0.29, 0.717) is 0 Å². The van der Waals surface area contributed by atoms with Gasteiger partial charge in [0.05, 0.1) is 12.4 Å². The normalized spacial score (nSPS) is 27.6. The van der Waals surface area contributed by atoms with Crippen LogP contribution in [0.25, 0.3) is 11.2 Å². The van der Waals surface area contributed by atoms with Crippen LogP contribution >= 0.6 is 12.6 Å². The van der Waals surface area contributed by atoms with Crippen molar-refractivity contribution < 1.29 is 24.9 Å². The monoisotopic (exact) mass is 341 g/mol. The van der Waals surface area contributed by atoms with Gasteiger partial charge < -0.3 is 25.8 Å². The summed E-state index contributed by atoms with van der Waals surface area (Å²) in [6.45, 7) is 0. The highest BCUT2D eigenvalue weighted by Gasteiger charge is 2.43. The molecule has 3 heterocycles. The Bertz CT molecular complexity index is 753. The largest absolute Gasteiger partial charge is 0.481 e. The molecular formula is C12H15N5O5S. The number of nitrogens with two attached hydrogens (primary N) is 1. The van der Waals surface area contributed by atoms with Gasteiger partial charge >= 0.3 is 5.97 Å². The van der Waals surface area contributed by atoms with E-state index >= 15 is 0 Å². The number of fused-ring (bicyclic) bond motifs is 1. The molecule has 0 bridgehead atoms. The molecule has 0 aromatic carbocycles. The number of ether oxygens (including phenoxy) is 1. The summed E-state index contributed by atoms with van der Waals surface area (Å²) in [4.78, 5) is 22.9. The molecule has 4 atom stereocenters. The standard InChI is InChI=1S/C12H15N5O5S/c13-10-7-11(16-5(15-10)1-6(18)19)17(3-14-7)12-9(21)8(20)4(2-23)22-12/h3-4,8-9,12,20-21,23H,1-2H2,(H,18,19)(H2,13,15,16)/t4-,8-,9-,12-/m1/s1. The minimum Gasteiger partial charge on any atom is -0.481 e. The van der Waals surface area contributed by atoms with Gasteiger partial charge in [-0.2, -0.15) is 12.6 Å². The molecule has 2 aromatic rings. The maximum absolute atomic E-state index is 10.8. The van der Waals surface area contributed by atoms with Gasteiger partial charge in [0.2, 0.25) is 0 Å². The smallest absolute Gasteiger partial charge is 0.311 e. The fourth-order valence-electron chi connectivity index (χ4n) is 2.50. The van der Waals surface area contributed by atoms with E-state index in [1.54, 1.807) is 0 Å². The molecule has 0 amide bonds. The third-order valence-electron chi connectivity index (χ3n) is 3.60. The molecule has 0 unspecified atom stereocenters. The highest BCUT2D eigenvalue weighted by molar-refractivity contribution is 7.80. The van der Waals surface area contributed by atoms with Crippen molar-refractivity contribution in [2.45, 2.75) is 31.0 Å². The Balaban J connectivity index is 2.05. The summed E-state index contributed by atoms with van der Waals surface area (Å²) >= 11 is 4.07. The van der Waals surface area contributed by atoms with Crippen molar-refractivity contribution >= 4 is 35.6 Å². The highest BCUT2D eigenvalue weighted by atomic mass is 32.1. The Hall–Kier alpha value is -1.95. The molecule has 0 aliphatic carbocycles. The molecule has 23 heavy (non-hydrogen) atoms. The number of carboxylic acids is 1. The minimum atomic E-state index is -1.20. The van der Waals surface area contributed by atoms with Crippen LogP contribution in [-0.4, -0.2) is 64.9 Å². The lowest BCUT2D eigenvalue weighted by Gasteiger charge is -2.16. The van der Waals surface area contributed by atoms with Gasteiger partial charge in [-0.3, -0.25) is 9.36 Å². The maximum atomic E-state index is 10.8. The number of aliphatic hydroxyl groups excluding tert-OH is 2. The van der Waals surface area contributed by atoms with Crippen LogP contribution in [0.1, 0.15) is 12.1 Å². The molecule has 124 valence electrons. The summed E-state index contributed by atoms with van der Waals surface area (Å²) in [5.74, 6) is -0.827. The van der Waals surface area contributed by atoms with E-state index in [1.165, 1.54) is 10.9 Å². The fraction of sp³-hybridized carbons (Fsp3) is 0.500. The Morgan fingerprint density at radius 2 is 2.13 bits per heavy atom. The summed E-state index contributed by atoms with van der Waals surface area (Å²) in [6, 6.07) is 0. The number of anilines is 1. The van der Waals surface area contributed by atoms with E-state index in [1.807, 2.05) is 0 Å². The number of aliphatic hydroxyl groups is 2. The van der Waals surface area contributed by atoms with E-state index in [4.69, 9.17) is 15.6 Å². The average Bonchev–Trinajstić information content (AvgIpc) is 3.01. The lowest BCUT2D eigenvalue weighted by atomic mass is 10.1. The van der Waals surface area contributed by atoms with Gasteiger partial charge in [0, 0.05) is 5.75 Å². The van der Waals surface area contributed by atoms with E-state index < -0.39 is 36.9 Å². The lowest BCUT2D eigenvalue weighted by molar-refractivity contribution is -0.136. The zero-order valence-corrected chi connectivity index (χ0v) is 12.7. The number of imidazole rings is 1. The van der Waals surface area contributed by atoms with Gasteiger partial charge in [-0.1, -0.05) is 0 Å². The first-order chi connectivity index (χ1) is 10.9. The van der Waals surface area contributed by atoms with Crippen molar-refractivity contribution in [3.8, 4) is 0 Å². The minimum absolute atomic E-state index is 0.0167. The fourth-order valence-corrected chi connectivity index (χ4v) is 2.80. The van der Waals surface area contributed by atoms with Crippen LogP contribution < -0.4 is 5.73 Å². The van der Waals surface area contributed by atoms with E-state index in [2.05, 4.69) is 27.6 Å². The molecule has 11 heteroatoms. The van der Waals surface area contributed by atoms with Gasteiger partial charge in [0.15, 0.2) is 17.7 Å². The van der Waals surface area contributed by atoms with E-state index in [9.17, 15) is 15.0 Å². The van der Waals surface area contributed by atoms with Crippen molar-refractivity contribution in [1.82, 2.24) is 19.5 Å². The summed E-state index contributed by atoms with van der Waals surface area (Å²) in [5, 5.41) is 28.9. The Kier molecular flexibility index (Phi) is 4.10. The predicted molar refractivity (Wildman–Crippen MR) is 80.9 cm³/mol. The first-order valence-electron chi connectivity index (χ1n) is 6.75. The number of carboxylic acid groups (broad SMARTS) is 1. The zero-order chi connectivity index (χ0) is 16.7. The van der Waals surface area contributed by atoms with Gasteiger partial charge in [-0.15, -0.1) is 0 Å². The summed E-state index contributed by atoms with van der Waals surface area (Å²) in [7, 11) is 0. The number of aliphatic carboxylic acids is 1. The highest BCUT2D eigenvalue weighted by Crippen LogP contribution is 2.32. The SMILES string of the molecule is Nc1nc(CC(=O)O)nc2c1ncn2[C@@H]1O[C@H](CS)[C@@H](O)[C@H]1O. The number of thiol groups is 1. The van der Waals surface area contributed by atoms with Crippen molar-refractivity contribution in [1.29, 1.82) is 0 Å². The molecule has 5 N–H and O–H groups in total. The number of carbonyl (C=O) groups is 1. The van der Waals surface area contributed by atoms with Gasteiger partial charge in [-0.25, -0.2) is 15.0 Å². The molecule has 10 nitrogen and oxygen atoms in total. The van der Waals surface area contributed by atoms with Crippen LogP contribution in [0.15, 0.2) is 6.33 Å². The second-order valence-corrected chi connectivity index (χ2v) is 5.51. The van der Waals surface area contributed by atoms with E-state index in [0.717, 1.165) is 0 Å². The lowest BCUT2D eigenvalue weighted by Crippen LogP contribution is -2.32. The van der Waals surface area contributed by atoms with Gasteiger partial charge in [0.1, 0.15) is 30.0 Å². The van der Waals surface area contributed by atoms with Crippen LogP contribution in [0.2, 0.25) is 0 Å². The predicted octanol–water partition coefficient (Wildman–Crippen LogP) is -1.42. The quantitative estimate of drug-likeness (QED) is 0.421. The Labute approximate surface area is 135 Å². The van der Waals surface area contributed by atoms with E-state index in [-0.39, 0.29) is 28.6 Å². The number of hydrogen-bond acceptors (Lipinski definition) is 9. The first kappa shape index (κ1) is 15.9. The topological polar surface area (TPSA) is 157 Å². The van der Waals surface area contributed by atoms with Crippen LogP contribution in [0.5, 0.6) is 0 Å². The number of hydrogen-bond donors (Lipinski definition) is 5. The van der Waals surface area contributed by atoms with Crippen molar-refractivity contribution in [2.24, 2.45) is 0 Å². The molecular weight excluding hydrogens is 326 g/mol. The molecule has 0 spiro atoms. The molecule has 2 aromatic heterocycles. The third-order valence-corrected chi connectivity index (χ3v) is 3.96. The van der Waals surface area contributed by atoms with Gasteiger partial charge in [0.25, 0.3) is 0 Å². The van der Waals surface area contributed by atoms with Gasteiger partial charge in [-0.05, 0) is 0 Å². The molecule has 1 saturated heterocycles. The summed E-state index contributed by atoms with van der Waals surface area (Å²) in [6.07, 6.45) is -2.94. The summed E-state index contributed by atoms with van der Waals surface area (Å²) in [5.41, 5.74) is 6.26. The Morgan fingerprint density at radius 3 is 2.74 bits per heavy atom. The number of nitrogen functional groups attached to an aromatic ring is 1. The first-order valence-corrected chi connectivity index (χ1v) is 7.38. The van der Waals surface area contributed by atoms with Crippen molar-refractivity contribution in [3.63, 3.8) is 0 Å². The second-order valence-electron chi connectivity index (χ2n) is 5.15. The number of nitrogens with zero attached hydrogens (tertiary/aromatic N) is 4. The Morgan fingerprint density at radius 1 is 1.39 bits per heavy atom. The molecule has 0 saturated carbocycles. The van der Waals surface area contributed by atoms with Crippen LogP contribution in [0.3, 0.4) is 0 Å². The molecule has 3 rings (SSSR count). The molecule has 1 fully saturated rings. The van der Waals surface area contributed by atoms with Crippen molar-refractivity contribution in [2.75, 3.05) is 11.5 Å². The van der Waals surface area contributed by atoms with Crippen molar-refractivity contribution in [3.05, 3.63) is 12.2 Å². The molecule has 1 aliphatic heterocycles. The molecule has 1 aliphatic rings. The number of aromatic nitrogens is 4. The molecule has 0 radical (unpaired) electrons. The zero-order valence-electron chi connectivity index (χ0n) is 11.8.